The molecular formula is C21H29NO3. The van der Waals surface area contributed by atoms with Gasteiger partial charge in [0.15, 0.2) is 0 Å². The number of rotatable bonds is 9. The fraction of sp³-hybridized carbons (Fsp3) is 0.476. The molecule has 0 saturated carbocycles. The van der Waals surface area contributed by atoms with Gasteiger partial charge in [0.1, 0.15) is 11.4 Å². The van der Waals surface area contributed by atoms with Gasteiger partial charge in [-0.15, -0.1) is 0 Å². The lowest BCUT2D eigenvalue weighted by atomic mass is 9.98. The van der Waals surface area contributed by atoms with Gasteiger partial charge in [-0.1, -0.05) is 44.5 Å². The van der Waals surface area contributed by atoms with Crippen molar-refractivity contribution in [1.29, 1.82) is 0 Å². The van der Waals surface area contributed by atoms with Crippen molar-refractivity contribution >= 4 is 22.4 Å². The molecule has 25 heavy (non-hydrogen) atoms. The molecule has 0 aliphatic heterocycles. The number of carbonyl (C=O) groups excluding carboxylic acids is 1. The zero-order valence-electron chi connectivity index (χ0n) is 15.7. The summed E-state index contributed by atoms with van der Waals surface area (Å²) in [4.78, 5) is 12.8. The molecule has 0 aliphatic carbocycles. The van der Waals surface area contributed by atoms with E-state index in [0.717, 1.165) is 35.1 Å². The van der Waals surface area contributed by atoms with Crippen LogP contribution in [0.25, 0.3) is 10.8 Å². The van der Waals surface area contributed by atoms with Crippen molar-refractivity contribution in [1.82, 2.24) is 0 Å². The average Bonchev–Trinajstić information content (AvgIpc) is 2.61. The van der Waals surface area contributed by atoms with Crippen molar-refractivity contribution in [3.63, 3.8) is 0 Å². The molecule has 0 radical (unpaired) electrons. The van der Waals surface area contributed by atoms with E-state index < -0.39 is 5.60 Å². The maximum absolute atomic E-state index is 12.8. The first kappa shape index (κ1) is 19.3. The van der Waals surface area contributed by atoms with Crippen LogP contribution in [-0.2, 0) is 9.53 Å². The molecule has 0 fully saturated rings. The van der Waals surface area contributed by atoms with Crippen LogP contribution in [0.5, 0.6) is 5.75 Å². The van der Waals surface area contributed by atoms with E-state index in [1.165, 1.54) is 0 Å². The van der Waals surface area contributed by atoms with Crippen molar-refractivity contribution in [3.8, 4) is 5.75 Å². The normalized spacial score (nSPS) is 13.4. The molecule has 0 heterocycles. The number of hydrogen-bond acceptors (Lipinski definition) is 3. The van der Waals surface area contributed by atoms with E-state index in [2.05, 4.69) is 19.2 Å². The summed E-state index contributed by atoms with van der Waals surface area (Å²) in [6, 6.07) is 11.8. The Balaban J connectivity index is 2.33. The van der Waals surface area contributed by atoms with E-state index in [0.29, 0.717) is 19.6 Å². The van der Waals surface area contributed by atoms with Crippen molar-refractivity contribution in [2.75, 3.05) is 18.5 Å². The molecule has 1 atom stereocenters. The van der Waals surface area contributed by atoms with E-state index in [4.69, 9.17) is 9.47 Å². The minimum Gasteiger partial charge on any atom is -0.493 e. The van der Waals surface area contributed by atoms with Gasteiger partial charge >= 0.3 is 0 Å². The number of nitrogens with one attached hydrogen (secondary N) is 1. The Kier molecular flexibility index (Phi) is 6.82. The molecule has 2 aromatic rings. The van der Waals surface area contributed by atoms with Crippen LogP contribution in [0.1, 0.15) is 47.0 Å². The Morgan fingerprint density at radius 3 is 2.40 bits per heavy atom. The van der Waals surface area contributed by atoms with Gasteiger partial charge in [0.05, 0.1) is 6.61 Å². The first-order valence-corrected chi connectivity index (χ1v) is 9.15. The molecule has 0 saturated heterocycles. The smallest absolute Gasteiger partial charge is 0.256 e. The number of amides is 1. The predicted octanol–water partition coefficient (Wildman–Crippen LogP) is 5.16. The van der Waals surface area contributed by atoms with Crippen LogP contribution >= 0.6 is 0 Å². The summed E-state index contributed by atoms with van der Waals surface area (Å²) < 4.78 is 11.6. The largest absolute Gasteiger partial charge is 0.493 e. The number of carbonyl (C=O) groups is 1. The Labute approximate surface area is 150 Å². The first-order valence-electron chi connectivity index (χ1n) is 9.15. The lowest BCUT2D eigenvalue weighted by Gasteiger charge is -2.28. The molecule has 136 valence electrons. The summed E-state index contributed by atoms with van der Waals surface area (Å²) in [6.45, 7) is 9.09. The maximum atomic E-state index is 12.8. The fourth-order valence-electron chi connectivity index (χ4n) is 3.02. The number of ether oxygens (including phenoxy) is 2. The molecule has 1 amide bonds. The van der Waals surface area contributed by atoms with Gasteiger partial charge in [-0.3, -0.25) is 4.79 Å². The molecule has 0 spiro atoms. The van der Waals surface area contributed by atoms with Crippen molar-refractivity contribution in [3.05, 3.63) is 36.4 Å². The minimum absolute atomic E-state index is 0.108. The fourth-order valence-corrected chi connectivity index (χ4v) is 3.02. The lowest BCUT2D eigenvalue weighted by Crippen LogP contribution is -2.42. The summed E-state index contributed by atoms with van der Waals surface area (Å²) in [6.07, 6.45) is 2.52. The Morgan fingerprint density at radius 2 is 1.76 bits per heavy atom. The van der Waals surface area contributed by atoms with E-state index >= 15 is 0 Å². The third-order valence-corrected chi connectivity index (χ3v) is 4.26. The van der Waals surface area contributed by atoms with E-state index in [1.54, 1.807) is 0 Å². The second-order valence-corrected chi connectivity index (χ2v) is 6.37. The molecule has 0 aromatic heterocycles. The quantitative estimate of drug-likeness (QED) is 0.684. The standard InChI is InChI=1S/C21H29NO3/c1-5-14-21(4,25-7-3)20(23)22-18-12-13-19(24-15-6-2)17-11-9-8-10-16(17)18/h8-13H,5-7,14-15H2,1-4H3,(H,22,23)/t21-/m1/s1. The highest BCUT2D eigenvalue weighted by atomic mass is 16.5. The summed E-state index contributed by atoms with van der Waals surface area (Å²) in [5.41, 5.74) is -0.0337. The highest BCUT2D eigenvalue weighted by molar-refractivity contribution is 6.06. The molecule has 4 heteroatoms. The number of fused-ring (bicyclic) bond motifs is 1. The Morgan fingerprint density at radius 1 is 1.04 bits per heavy atom. The molecule has 4 nitrogen and oxygen atoms in total. The third kappa shape index (κ3) is 4.51. The molecule has 1 N–H and O–H groups in total. The zero-order valence-corrected chi connectivity index (χ0v) is 15.7. The van der Waals surface area contributed by atoms with Gasteiger partial charge in [0.25, 0.3) is 5.91 Å². The predicted molar refractivity (Wildman–Crippen MR) is 103 cm³/mol. The minimum atomic E-state index is -0.817. The highest BCUT2D eigenvalue weighted by Crippen LogP contribution is 2.32. The third-order valence-electron chi connectivity index (χ3n) is 4.26. The van der Waals surface area contributed by atoms with Crippen LogP contribution in [0.4, 0.5) is 5.69 Å². The molecular weight excluding hydrogens is 314 g/mol. The topological polar surface area (TPSA) is 47.6 Å². The van der Waals surface area contributed by atoms with Gasteiger partial charge in [-0.25, -0.2) is 0 Å². The van der Waals surface area contributed by atoms with Crippen LogP contribution < -0.4 is 10.1 Å². The number of anilines is 1. The van der Waals surface area contributed by atoms with Gasteiger partial charge < -0.3 is 14.8 Å². The van der Waals surface area contributed by atoms with Crippen LogP contribution in [0.15, 0.2) is 36.4 Å². The maximum Gasteiger partial charge on any atom is 0.256 e. The molecule has 2 rings (SSSR count). The van der Waals surface area contributed by atoms with E-state index in [1.807, 2.05) is 50.2 Å². The van der Waals surface area contributed by atoms with Crippen molar-refractivity contribution in [2.24, 2.45) is 0 Å². The molecule has 0 unspecified atom stereocenters. The van der Waals surface area contributed by atoms with Crippen LogP contribution in [-0.4, -0.2) is 24.7 Å². The summed E-state index contributed by atoms with van der Waals surface area (Å²) in [5, 5.41) is 5.03. The lowest BCUT2D eigenvalue weighted by molar-refractivity contribution is -0.139. The summed E-state index contributed by atoms with van der Waals surface area (Å²) >= 11 is 0. The Hall–Kier alpha value is -2.07. The second-order valence-electron chi connectivity index (χ2n) is 6.37. The monoisotopic (exact) mass is 343 g/mol. The number of hydrogen-bond donors (Lipinski definition) is 1. The van der Waals surface area contributed by atoms with Gasteiger partial charge in [-0.05, 0) is 38.8 Å². The SMILES string of the molecule is CCCOc1ccc(NC(=O)[C@@](C)(CCC)OCC)c2ccccc12. The van der Waals surface area contributed by atoms with Crippen LogP contribution in [0.2, 0.25) is 0 Å². The Bertz CT molecular complexity index is 705. The van der Waals surface area contributed by atoms with Gasteiger partial charge in [0.2, 0.25) is 0 Å². The summed E-state index contributed by atoms with van der Waals surface area (Å²) in [7, 11) is 0. The second kappa shape index (κ2) is 8.86. The van der Waals surface area contributed by atoms with Crippen molar-refractivity contribution < 1.29 is 14.3 Å². The number of benzene rings is 2. The summed E-state index contributed by atoms with van der Waals surface area (Å²) in [5.74, 6) is 0.736. The zero-order chi connectivity index (χ0) is 18.3. The van der Waals surface area contributed by atoms with E-state index in [9.17, 15) is 4.79 Å². The molecule has 2 aromatic carbocycles. The van der Waals surface area contributed by atoms with Gasteiger partial charge in [-0.2, -0.15) is 0 Å². The molecule has 0 aliphatic rings. The average molecular weight is 343 g/mol. The van der Waals surface area contributed by atoms with Crippen molar-refractivity contribution in [2.45, 2.75) is 52.6 Å². The van der Waals surface area contributed by atoms with E-state index in [-0.39, 0.29) is 5.91 Å². The van der Waals surface area contributed by atoms with Crippen LogP contribution in [0.3, 0.4) is 0 Å². The first-order chi connectivity index (χ1) is 12.1. The van der Waals surface area contributed by atoms with Gasteiger partial charge in [0, 0.05) is 23.1 Å². The highest BCUT2D eigenvalue weighted by Gasteiger charge is 2.33. The van der Waals surface area contributed by atoms with Crippen LogP contribution in [0, 0.1) is 0 Å². The molecule has 0 bridgehead atoms.